The molecule has 0 aliphatic carbocycles. The highest BCUT2D eigenvalue weighted by molar-refractivity contribution is 9.10. The molecule has 0 aliphatic heterocycles. The number of halogens is 2. The van der Waals surface area contributed by atoms with Crippen LogP contribution < -0.4 is 15.2 Å². The van der Waals surface area contributed by atoms with Gasteiger partial charge in [0.2, 0.25) is 0 Å². The number of methoxy groups -OCH3 is 2. The van der Waals surface area contributed by atoms with E-state index in [0.717, 1.165) is 14.9 Å². The fraction of sp³-hybridized carbons (Fsp3) is 0.231. The lowest BCUT2D eigenvalue weighted by atomic mass is 10.0. The Morgan fingerprint density at radius 1 is 1.26 bits per heavy atom. The molecule has 0 amide bonds. The monoisotopic (exact) mass is 361 g/mol. The molecule has 102 valence electrons. The molecule has 1 atom stereocenters. The van der Waals surface area contributed by atoms with E-state index in [0.29, 0.717) is 16.5 Å². The molecule has 19 heavy (non-hydrogen) atoms. The van der Waals surface area contributed by atoms with Crippen molar-refractivity contribution < 1.29 is 9.47 Å². The summed E-state index contributed by atoms with van der Waals surface area (Å²) in [5, 5.41) is 2.58. The summed E-state index contributed by atoms with van der Waals surface area (Å²) in [5.74, 6) is 1.41. The summed E-state index contributed by atoms with van der Waals surface area (Å²) >= 11 is 11.1. The Labute approximate surface area is 129 Å². The van der Waals surface area contributed by atoms with Crippen molar-refractivity contribution in [1.82, 2.24) is 0 Å². The van der Waals surface area contributed by atoms with Gasteiger partial charge in [0, 0.05) is 10.4 Å². The van der Waals surface area contributed by atoms with Crippen molar-refractivity contribution in [2.45, 2.75) is 6.04 Å². The maximum Gasteiger partial charge on any atom is 0.133 e. The first kappa shape index (κ1) is 14.7. The van der Waals surface area contributed by atoms with Crippen LogP contribution in [0, 0.1) is 0 Å². The minimum Gasteiger partial charge on any atom is -0.496 e. The Morgan fingerprint density at radius 2 is 1.95 bits per heavy atom. The van der Waals surface area contributed by atoms with E-state index in [4.69, 9.17) is 26.8 Å². The summed E-state index contributed by atoms with van der Waals surface area (Å²) in [4.78, 5) is 0.907. The minimum atomic E-state index is -0.343. The fourth-order valence-corrected chi connectivity index (χ4v) is 3.47. The molecule has 0 spiro atoms. The number of thiophene rings is 1. The van der Waals surface area contributed by atoms with Crippen molar-refractivity contribution in [2.24, 2.45) is 5.73 Å². The molecule has 0 saturated heterocycles. The predicted molar refractivity (Wildman–Crippen MR) is 82.6 cm³/mol. The van der Waals surface area contributed by atoms with Crippen LogP contribution in [-0.2, 0) is 0 Å². The molecule has 2 aromatic rings. The zero-order chi connectivity index (χ0) is 14.0. The maximum absolute atomic E-state index is 6.29. The van der Waals surface area contributed by atoms with Crippen molar-refractivity contribution in [3.8, 4) is 11.5 Å². The summed E-state index contributed by atoms with van der Waals surface area (Å²) in [7, 11) is 3.22. The molecule has 1 aromatic heterocycles. The van der Waals surface area contributed by atoms with Gasteiger partial charge in [-0.25, -0.2) is 0 Å². The van der Waals surface area contributed by atoms with E-state index < -0.39 is 0 Å². The molecule has 1 heterocycles. The summed E-state index contributed by atoms with van der Waals surface area (Å²) in [6, 6.07) is 5.20. The molecule has 0 fully saturated rings. The molecule has 0 saturated carbocycles. The normalized spacial score (nSPS) is 12.3. The zero-order valence-electron chi connectivity index (χ0n) is 10.4. The molecular formula is C13H13BrClNO2S. The first-order chi connectivity index (χ1) is 9.08. The van der Waals surface area contributed by atoms with Crippen molar-refractivity contribution in [2.75, 3.05) is 14.2 Å². The van der Waals surface area contributed by atoms with Crippen molar-refractivity contribution in [1.29, 1.82) is 0 Å². The van der Waals surface area contributed by atoms with Crippen LogP contribution in [0.1, 0.15) is 16.5 Å². The van der Waals surface area contributed by atoms with Crippen molar-refractivity contribution >= 4 is 38.9 Å². The molecule has 0 bridgehead atoms. The van der Waals surface area contributed by atoms with Gasteiger partial charge in [0.05, 0.1) is 29.8 Å². The highest BCUT2D eigenvalue weighted by Gasteiger charge is 2.20. The van der Waals surface area contributed by atoms with Crippen LogP contribution in [-0.4, -0.2) is 14.2 Å². The van der Waals surface area contributed by atoms with Gasteiger partial charge in [-0.1, -0.05) is 11.6 Å². The van der Waals surface area contributed by atoms with Gasteiger partial charge in [-0.3, -0.25) is 0 Å². The zero-order valence-corrected chi connectivity index (χ0v) is 13.6. The average Bonchev–Trinajstić information content (AvgIpc) is 2.83. The van der Waals surface area contributed by atoms with Crippen LogP contribution in [0.3, 0.4) is 0 Å². The number of hydrogen-bond donors (Lipinski definition) is 1. The summed E-state index contributed by atoms with van der Waals surface area (Å²) in [5.41, 5.74) is 7.13. The van der Waals surface area contributed by atoms with Crippen LogP contribution in [0.4, 0.5) is 0 Å². The highest BCUT2D eigenvalue weighted by Crippen LogP contribution is 2.39. The van der Waals surface area contributed by atoms with Gasteiger partial charge in [-0.05, 0) is 39.5 Å². The Balaban J connectivity index is 2.51. The first-order valence-electron chi connectivity index (χ1n) is 5.48. The summed E-state index contributed by atoms with van der Waals surface area (Å²) in [6.45, 7) is 0. The van der Waals surface area contributed by atoms with E-state index in [1.165, 1.54) is 11.3 Å². The van der Waals surface area contributed by atoms with Crippen LogP contribution >= 0.6 is 38.9 Å². The molecule has 6 heteroatoms. The fourth-order valence-electron chi connectivity index (χ4n) is 1.80. The molecule has 1 aromatic carbocycles. The Kier molecular flexibility index (Phi) is 4.73. The van der Waals surface area contributed by atoms with Crippen LogP contribution in [0.25, 0.3) is 0 Å². The van der Waals surface area contributed by atoms with Gasteiger partial charge < -0.3 is 15.2 Å². The molecule has 0 aliphatic rings. The largest absolute Gasteiger partial charge is 0.496 e. The number of benzene rings is 1. The van der Waals surface area contributed by atoms with E-state index in [1.54, 1.807) is 14.2 Å². The summed E-state index contributed by atoms with van der Waals surface area (Å²) in [6.07, 6.45) is 0. The SMILES string of the molecule is COc1cc(C(N)c2sccc2Cl)c(OC)cc1Br. The van der Waals surface area contributed by atoms with E-state index in [9.17, 15) is 0 Å². The van der Waals surface area contributed by atoms with Gasteiger partial charge in [0.15, 0.2) is 0 Å². The third-order valence-corrected chi connectivity index (χ3v) is 4.83. The number of nitrogens with two attached hydrogens (primary N) is 1. The van der Waals surface area contributed by atoms with E-state index in [1.807, 2.05) is 23.6 Å². The lowest BCUT2D eigenvalue weighted by molar-refractivity contribution is 0.395. The second-order valence-corrected chi connectivity index (χ2v) is 6.05. The van der Waals surface area contributed by atoms with E-state index in [2.05, 4.69) is 15.9 Å². The minimum absolute atomic E-state index is 0.343. The van der Waals surface area contributed by atoms with E-state index >= 15 is 0 Å². The number of ether oxygens (including phenoxy) is 2. The van der Waals surface area contributed by atoms with Crippen molar-refractivity contribution in [3.63, 3.8) is 0 Å². The third-order valence-electron chi connectivity index (χ3n) is 2.77. The quantitative estimate of drug-likeness (QED) is 0.885. The second-order valence-electron chi connectivity index (χ2n) is 3.84. The molecule has 3 nitrogen and oxygen atoms in total. The van der Waals surface area contributed by atoms with Crippen LogP contribution in [0.15, 0.2) is 28.1 Å². The second kappa shape index (κ2) is 6.13. The predicted octanol–water partition coefficient (Wildman–Crippen LogP) is 4.23. The Morgan fingerprint density at radius 3 is 2.47 bits per heavy atom. The third kappa shape index (κ3) is 2.89. The molecule has 1 unspecified atom stereocenters. The number of rotatable bonds is 4. The van der Waals surface area contributed by atoms with Gasteiger partial charge in [-0.2, -0.15) is 0 Å². The Hall–Kier alpha value is -0.750. The highest BCUT2D eigenvalue weighted by atomic mass is 79.9. The molecule has 0 radical (unpaired) electrons. The van der Waals surface area contributed by atoms with E-state index in [-0.39, 0.29) is 6.04 Å². The smallest absolute Gasteiger partial charge is 0.133 e. The van der Waals surface area contributed by atoms with Crippen LogP contribution in [0.2, 0.25) is 5.02 Å². The molecule has 2 N–H and O–H groups in total. The topological polar surface area (TPSA) is 44.5 Å². The molecule has 2 rings (SSSR count). The standard InChI is InChI=1S/C13H13BrClNO2S/c1-17-10-6-8(14)11(18-2)5-7(10)12(16)13-9(15)3-4-19-13/h3-6,12H,16H2,1-2H3. The van der Waals surface area contributed by atoms with Crippen molar-refractivity contribution in [3.05, 3.63) is 43.5 Å². The van der Waals surface area contributed by atoms with Gasteiger partial charge in [0.25, 0.3) is 0 Å². The summed E-state index contributed by atoms with van der Waals surface area (Å²) < 4.78 is 11.5. The number of hydrogen-bond acceptors (Lipinski definition) is 4. The Bertz CT molecular complexity index is 588. The van der Waals surface area contributed by atoms with Crippen LogP contribution in [0.5, 0.6) is 11.5 Å². The average molecular weight is 363 g/mol. The lowest BCUT2D eigenvalue weighted by Gasteiger charge is -2.17. The van der Waals surface area contributed by atoms with Gasteiger partial charge in [-0.15, -0.1) is 11.3 Å². The van der Waals surface area contributed by atoms with Gasteiger partial charge in [0.1, 0.15) is 11.5 Å². The maximum atomic E-state index is 6.29. The first-order valence-corrected chi connectivity index (χ1v) is 7.53. The molecular weight excluding hydrogens is 350 g/mol. The lowest BCUT2D eigenvalue weighted by Crippen LogP contribution is -2.12. The van der Waals surface area contributed by atoms with Gasteiger partial charge >= 0.3 is 0 Å².